The van der Waals surface area contributed by atoms with E-state index in [0.29, 0.717) is 44.6 Å². The highest BCUT2D eigenvalue weighted by molar-refractivity contribution is 5.21. The van der Waals surface area contributed by atoms with Gasteiger partial charge in [0.2, 0.25) is 0 Å². The molecule has 0 aromatic carbocycles. The van der Waals surface area contributed by atoms with Crippen LogP contribution in [-0.2, 0) is 4.74 Å². The topological polar surface area (TPSA) is 21.3 Å². The van der Waals surface area contributed by atoms with Crippen LogP contribution in [0.2, 0.25) is 0 Å². The minimum absolute atomic E-state index is 0.361. The zero-order chi connectivity index (χ0) is 23.7. The summed E-state index contributed by atoms with van der Waals surface area (Å²) in [7, 11) is 2.20. The predicted octanol–water partition coefficient (Wildman–Crippen LogP) is 7.46. The van der Waals surface area contributed by atoms with Crippen LogP contribution >= 0.6 is 0 Å². The molecule has 10 atom stereocenters. The summed E-state index contributed by atoms with van der Waals surface area (Å²) in [5.41, 5.74) is 2.77. The molecule has 33 heavy (non-hydrogen) atoms. The quantitative estimate of drug-likeness (QED) is 0.443. The van der Waals surface area contributed by atoms with Gasteiger partial charge in [0, 0.05) is 6.04 Å². The normalized spacial score (nSPS) is 58.5. The molecular formula is C31H53NO. The fourth-order valence-corrected chi connectivity index (χ4v) is 12.5. The summed E-state index contributed by atoms with van der Waals surface area (Å²) in [6.45, 7) is 19.6. The number of hydrogen-bond acceptors (Lipinski definition) is 2. The van der Waals surface area contributed by atoms with Crippen molar-refractivity contribution in [1.29, 1.82) is 0 Å². The van der Waals surface area contributed by atoms with Crippen molar-refractivity contribution in [3.8, 4) is 0 Å². The zero-order valence-corrected chi connectivity index (χ0v) is 23.2. The van der Waals surface area contributed by atoms with Crippen molar-refractivity contribution in [2.24, 2.45) is 56.2 Å². The van der Waals surface area contributed by atoms with Gasteiger partial charge in [0.15, 0.2) is 0 Å². The lowest BCUT2D eigenvalue weighted by molar-refractivity contribution is -0.244. The maximum Gasteiger partial charge on any atom is 0.0663 e. The third-order valence-corrected chi connectivity index (χ3v) is 14.5. The highest BCUT2D eigenvalue weighted by Crippen LogP contribution is 2.78. The molecule has 0 amide bonds. The summed E-state index contributed by atoms with van der Waals surface area (Å²) in [6.07, 6.45) is 14.8. The van der Waals surface area contributed by atoms with E-state index in [-0.39, 0.29) is 0 Å². The fraction of sp³-hybridized carbons (Fsp3) is 1.00. The lowest BCUT2D eigenvalue weighted by Crippen LogP contribution is -2.68. The predicted molar refractivity (Wildman–Crippen MR) is 137 cm³/mol. The third-order valence-electron chi connectivity index (χ3n) is 14.5. The Morgan fingerprint density at radius 3 is 2.15 bits per heavy atom. The molecule has 1 saturated heterocycles. The standard InChI is InChI=1S/C31H53NO/c1-26(2)15-17-31-18-16-29(6)20(24(31)25(26)33-19-31)9-10-22-28(5)13-12-23(32-8)27(3,4)21(28)11-14-30(22,29)7/h20-25,32H,9-19H2,1-8H3/t20?,21?,22?,23-,24?,25+,28-,29+,30+,31+/m0/s1. The SMILES string of the molecule is CN[C@H]1CC[C@@]2(C)C(CC[C@]3(C)C2CCC2C4[C@H]5OC[C@@]4(CCC5(C)C)CC[C@]23C)C1(C)C. The molecule has 1 heterocycles. The van der Waals surface area contributed by atoms with Crippen molar-refractivity contribution in [2.45, 2.75) is 125 Å². The summed E-state index contributed by atoms with van der Waals surface area (Å²) in [5, 5.41) is 3.72. The molecule has 2 heteroatoms. The van der Waals surface area contributed by atoms with E-state index >= 15 is 0 Å². The molecule has 188 valence electrons. The maximum absolute atomic E-state index is 6.74. The van der Waals surface area contributed by atoms with Gasteiger partial charge in [0.25, 0.3) is 0 Å². The molecule has 4 unspecified atom stereocenters. The molecule has 0 radical (unpaired) electrons. The summed E-state index contributed by atoms with van der Waals surface area (Å²) >= 11 is 0. The Kier molecular flexibility index (Phi) is 4.82. The Hall–Kier alpha value is -0.0800. The second kappa shape index (κ2) is 6.81. The Labute approximate surface area is 204 Å². The molecule has 1 aliphatic heterocycles. The van der Waals surface area contributed by atoms with E-state index in [1.165, 1.54) is 64.2 Å². The van der Waals surface area contributed by atoms with E-state index in [0.717, 1.165) is 30.3 Å². The van der Waals surface area contributed by atoms with Gasteiger partial charge >= 0.3 is 0 Å². The first-order valence-corrected chi connectivity index (χ1v) is 14.6. The van der Waals surface area contributed by atoms with E-state index in [9.17, 15) is 0 Å². The minimum Gasteiger partial charge on any atom is -0.377 e. The number of ether oxygens (including phenoxy) is 1. The number of rotatable bonds is 1. The summed E-state index contributed by atoms with van der Waals surface area (Å²) in [4.78, 5) is 0. The number of hydrogen-bond donors (Lipinski definition) is 1. The molecule has 0 aromatic rings. The first-order chi connectivity index (χ1) is 15.4. The van der Waals surface area contributed by atoms with E-state index in [1.54, 1.807) is 0 Å². The summed E-state index contributed by atoms with van der Waals surface area (Å²) < 4.78 is 6.74. The van der Waals surface area contributed by atoms with Gasteiger partial charge < -0.3 is 10.1 Å². The van der Waals surface area contributed by atoms with Gasteiger partial charge in [0.1, 0.15) is 0 Å². The molecule has 0 aromatic heterocycles. The highest BCUT2D eigenvalue weighted by atomic mass is 16.5. The van der Waals surface area contributed by atoms with Crippen molar-refractivity contribution >= 4 is 0 Å². The van der Waals surface area contributed by atoms with Gasteiger partial charge in [-0.05, 0) is 127 Å². The fourth-order valence-electron chi connectivity index (χ4n) is 12.5. The average Bonchev–Trinajstić information content (AvgIpc) is 3.07. The van der Waals surface area contributed by atoms with Gasteiger partial charge in [-0.15, -0.1) is 0 Å². The van der Waals surface area contributed by atoms with Crippen LogP contribution in [0.3, 0.4) is 0 Å². The molecule has 5 saturated carbocycles. The van der Waals surface area contributed by atoms with Gasteiger partial charge in [-0.2, -0.15) is 0 Å². The highest BCUT2D eigenvalue weighted by Gasteiger charge is 2.72. The summed E-state index contributed by atoms with van der Waals surface area (Å²) in [5.74, 6) is 3.45. The first kappa shape index (κ1) is 23.3. The van der Waals surface area contributed by atoms with Crippen molar-refractivity contribution in [2.75, 3.05) is 13.7 Å². The largest absolute Gasteiger partial charge is 0.377 e. The third kappa shape index (κ3) is 2.65. The van der Waals surface area contributed by atoms with Gasteiger partial charge in [-0.1, -0.05) is 48.5 Å². The smallest absolute Gasteiger partial charge is 0.0663 e. The van der Waals surface area contributed by atoms with Gasteiger partial charge in [-0.25, -0.2) is 0 Å². The second-order valence-corrected chi connectivity index (χ2v) is 16.0. The van der Waals surface area contributed by atoms with Gasteiger partial charge in [0.05, 0.1) is 12.7 Å². The first-order valence-electron chi connectivity index (χ1n) is 14.6. The van der Waals surface area contributed by atoms with E-state index in [4.69, 9.17) is 4.74 Å². The Morgan fingerprint density at radius 2 is 1.42 bits per heavy atom. The molecule has 6 rings (SSSR count). The van der Waals surface area contributed by atoms with Crippen LogP contribution in [0.25, 0.3) is 0 Å². The van der Waals surface area contributed by atoms with Crippen molar-refractivity contribution < 1.29 is 4.74 Å². The number of fused-ring (bicyclic) bond motifs is 5. The molecule has 6 fully saturated rings. The molecule has 0 spiro atoms. The molecule has 1 N–H and O–H groups in total. The Bertz CT molecular complexity index is 818. The van der Waals surface area contributed by atoms with Crippen LogP contribution in [-0.4, -0.2) is 25.8 Å². The maximum atomic E-state index is 6.74. The number of nitrogens with one attached hydrogen (secondary N) is 1. The minimum atomic E-state index is 0.361. The monoisotopic (exact) mass is 455 g/mol. The van der Waals surface area contributed by atoms with Crippen LogP contribution < -0.4 is 5.32 Å². The summed E-state index contributed by atoms with van der Waals surface area (Å²) in [6, 6.07) is 0.679. The van der Waals surface area contributed by atoms with Crippen molar-refractivity contribution in [3.05, 3.63) is 0 Å². The lowest BCUT2D eigenvalue weighted by atomic mass is 9.31. The Balaban J connectivity index is 1.38. The average molecular weight is 456 g/mol. The molecular weight excluding hydrogens is 402 g/mol. The molecule has 6 aliphatic rings. The van der Waals surface area contributed by atoms with E-state index in [1.807, 2.05) is 0 Å². The van der Waals surface area contributed by atoms with Crippen LogP contribution in [0.1, 0.15) is 113 Å². The van der Waals surface area contributed by atoms with Crippen molar-refractivity contribution in [1.82, 2.24) is 5.32 Å². The van der Waals surface area contributed by atoms with Crippen molar-refractivity contribution in [3.63, 3.8) is 0 Å². The molecule has 2 bridgehead atoms. The van der Waals surface area contributed by atoms with Crippen LogP contribution in [0.4, 0.5) is 0 Å². The molecule has 5 aliphatic carbocycles. The van der Waals surface area contributed by atoms with E-state index < -0.39 is 0 Å². The van der Waals surface area contributed by atoms with E-state index in [2.05, 4.69) is 60.8 Å². The van der Waals surface area contributed by atoms with Crippen LogP contribution in [0.5, 0.6) is 0 Å². The van der Waals surface area contributed by atoms with Gasteiger partial charge in [-0.3, -0.25) is 0 Å². The Morgan fingerprint density at radius 1 is 0.697 bits per heavy atom. The van der Waals surface area contributed by atoms with Crippen LogP contribution in [0, 0.1) is 56.2 Å². The zero-order valence-electron chi connectivity index (χ0n) is 23.2. The van der Waals surface area contributed by atoms with Crippen LogP contribution in [0.15, 0.2) is 0 Å². The second-order valence-electron chi connectivity index (χ2n) is 16.0. The molecule has 2 nitrogen and oxygen atoms in total. The lowest BCUT2D eigenvalue weighted by Gasteiger charge is -2.73.